The summed E-state index contributed by atoms with van der Waals surface area (Å²) in [6.07, 6.45) is 0.688. The number of carbonyl (C=O) groups is 1. The van der Waals surface area contributed by atoms with Gasteiger partial charge in [0.05, 0.1) is 6.61 Å². The lowest BCUT2D eigenvalue weighted by Gasteiger charge is -2.27. The van der Waals surface area contributed by atoms with Crippen LogP contribution >= 0.6 is 18.1 Å². The van der Waals surface area contributed by atoms with Crippen molar-refractivity contribution in [3.63, 3.8) is 0 Å². The molecule has 0 fully saturated rings. The van der Waals surface area contributed by atoms with Crippen LogP contribution in [-0.4, -0.2) is 18.6 Å². The van der Waals surface area contributed by atoms with E-state index in [2.05, 4.69) is 5.09 Å². The van der Waals surface area contributed by atoms with Crippen LogP contribution in [0.4, 0.5) is 0 Å². The summed E-state index contributed by atoms with van der Waals surface area (Å²) in [5.74, 6) is -0.211. The normalized spacial score (nSPS) is 16.2. The molecule has 7 heteroatoms. The Morgan fingerprint density at radius 3 is 2.46 bits per heavy atom. The monoisotopic (exact) mass is 425 g/mol. The van der Waals surface area contributed by atoms with Gasteiger partial charge in [0.1, 0.15) is 11.8 Å². The number of fused-ring (bicyclic) bond motifs is 1. The van der Waals surface area contributed by atoms with E-state index in [0.717, 1.165) is 10.8 Å². The number of carbonyl (C=O) groups excluding carboxylic acids is 1. The van der Waals surface area contributed by atoms with Gasteiger partial charge in [-0.25, -0.2) is 9.65 Å². The second-order valence-corrected chi connectivity index (χ2v) is 10.9. The van der Waals surface area contributed by atoms with E-state index in [1.165, 1.54) is 0 Å². The van der Waals surface area contributed by atoms with E-state index in [4.69, 9.17) is 20.5 Å². The summed E-state index contributed by atoms with van der Waals surface area (Å²) in [4.78, 5) is 12.6. The van der Waals surface area contributed by atoms with Crippen LogP contribution in [0.2, 0.25) is 0 Å². The van der Waals surface area contributed by atoms with E-state index in [0.29, 0.717) is 12.2 Å². The molecule has 0 saturated heterocycles. The molecule has 3 atom stereocenters. The lowest BCUT2D eigenvalue weighted by Crippen LogP contribution is -2.42. The number of esters is 1. The summed E-state index contributed by atoms with van der Waals surface area (Å²) >= 11 is 6.22. The highest BCUT2D eigenvalue weighted by Crippen LogP contribution is 2.50. The van der Waals surface area contributed by atoms with E-state index >= 15 is 0 Å². The van der Waals surface area contributed by atoms with Gasteiger partial charge in [-0.2, -0.15) is 0 Å². The van der Waals surface area contributed by atoms with Crippen LogP contribution < -0.4 is 9.61 Å². The molecule has 0 saturated carbocycles. The van der Waals surface area contributed by atoms with E-state index < -0.39 is 18.9 Å². The lowest BCUT2D eigenvalue weighted by molar-refractivity contribution is -0.149. The smallest absolute Gasteiger partial charge is 0.409 e. The average Bonchev–Trinajstić information content (AvgIpc) is 2.63. The van der Waals surface area contributed by atoms with Crippen molar-refractivity contribution in [1.29, 1.82) is 0 Å². The topological polar surface area (TPSA) is 64.6 Å². The molecule has 1 N–H and O–H groups in total. The maximum Gasteiger partial charge on any atom is 0.409 e. The van der Waals surface area contributed by atoms with Crippen molar-refractivity contribution < 1.29 is 18.6 Å². The molecule has 0 heterocycles. The van der Waals surface area contributed by atoms with Gasteiger partial charge in [0.2, 0.25) is 0 Å². The Labute approximate surface area is 172 Å². The van der Waals surface area contributed by atoms with E-state index in [9.17, 15) is 9.36 Å². The van der Waals surface area contributed by atoms with E-state index in [-0.39, 0.29) is 17.9 Å². The minimum Gasteiger partial charge on any atom is -0.464 e. The molecule has 2 aromatic carbocycles. The Hall–Kier alpha value is -1.55. The van der Waals surface area contributed by atoms with Gasteiger partial charge in [-0.1, -0.05) is 77.4 Å². The van der Waals surface area contributed by atoms with Crippen LogP contribution in [0.5, 0.6) is 5.75 Å². The number of benzene rings is 2. The molecule has 0 radical (unpaired) electrons. The first-order chi connectivity index (χ1) is 13.0. The molecule has 0 bridgehead atoms. The number of hydrogen-bond donors (Lipinski definition) is 1. The van der Waals surface area contributed by atoms with Crippen LogP contribution in [0, 0.1) is 11.3 Å². The highest BCUT2D eigenvalue weighted by atomic mass is 35.7. The van der Waals surface area contributed by atoms with Crippen LogP contribution in [-0.2, 0) is 14.1 Å². The van der Waals surface area contributed by atoms with Crippen LogP contribution in [0.15, 0.2) is 42.5 Å². The molecule has 2 aromatic rings. The van der Waals surface area contributed by atoms with Gasteiger partial charge in [-0.05, 0) is 22.8 Å². The van der Waals surface area contributed by atoms with Crippen LogP contribution in [0.3, 0.4) is 0 Å². The molecule has 3 unspecified atom stereocenters. The third kappa shape index (κ3) is 6.51. The van der Waals surface area contributed by atoms with Crippen molar-refractivity contribution >= 4 is 34.9 Å². The molecular formula is C21H29ClNO4P. The van der Waals surface area contributed by atoms with Crippen LogP contribution in [0.1, 0.15) is 41.0 Å². The van der Waals surface area contributed by atoms with Gasteiger partial charge in [-0.15, -0.1) is 0 Å². The fourth-order valence-electron chi connectivity index (χ4n) is 2.62. The molecule has 154 valence electrons. The van der Waals surface area contributed by atoms with Crippen molar-refractivity contribution in [1.82, 2.24) is 5.09 Å². The maximum atomic E-state index is 13.0. The molecule has 0 aromatic heterocycles. The minimum absolute atomic E-state index is 0.129. The predicted octanol–water partition coefficient (Wildman–Crippen LogP) is 6.16. The molecule has 0 spiro atoms. The number of hydrogen-bond acceptors (Lipinski definition) is 4. The van der Waals surface area contributed by atoms with Gasteiger partial charge in [0, 0.05) is 16.6 Å². The van der Waals surface area contributed by atoms with Gasteiger partial charge in [0.25, 0.3) is 0 Å². The van der Waals surface area contributed by atoms with Crippen molar-refractivity contribution in [2.75, 3.05) is 6.61 Å². The Kier molecular flexibility index (Phi) is 7.55. The first-order valence-corrected chi connectivity index (χ1v) is 12.0. The Morgan fingerprint density at radius 2 is 1.82 bits per heavy atom. The number of rotatable bonds is 8. The number of halogens is 1. The van der Waals surface area contributed by atoms with Crippen LogP contribution in [0.25, 0.3) is 10.8 Å². The van der Waals surface area contributed by atoms with Gasteiger partial charge < -0.3 is 9.26 Å². The summed E-state index contributed by atoms with van der Waals surface area (Å²) in [6.45, 7) is 6.17. The first-order valence-electron chi connectivity index (χ1n) is 9.44. The fourth-order valence-corrected chi connectivity index (χ4v) is 4.32. The lowest BCUT2D eigenvalue weighted by atomic mass is 9.98. The molecule has 0 aliphatic rings. The van der Waals surface area contributed by atoms with Crippen molar-refractivity contribution in [3.05, 3.63) is 42.5 Å². The first kappa shape index (κ1) is 22.7. The third-order valence-corrected chi connectivity index (χ3v) is 5.89. The van der Waals surface area contributed by atoms with E-state index in [1.54, 1.807) is 12.1 Å². The fraction of sp³-hybridized carbons (Fsp3) is 0.476. The zero-order chi connectivity index (χ0) is 20.9. The summed E-state index contributed by atoms with van der Waals surface area (Å²) in [5.41, 5.74) is -0.167. The third-order valence-electron chi connectivity index (χ3n) is 4.37. The molecule has 28 heavy (non-hydrogen) atoms. The maximum absolute atomic E-state index is 13.0. The summed E-state index contributed by atoms with van der Waals surface area (Å²) < 4.78 is 24.0. The van der Waals surface area contributed by atoms with Crippen molar-refractivity contribution in [2.24, 2.45) is 11.3 Å². The Balaban J connectivity index is 2.19. The highest BCUT2D eigenvalue weighted by Gasteiger charge is 2.35. The molecule has 0 aliphatic carbocycles. The summed E-state index contributed by atoms with van der Waals surface area (Å²) in [7, 11) is 0. The van der Waals surface area contributed by atoms with Gasteiger partial charge >= 0.3 is 12.8 Å². The zero-order valence-electron chi connectivity index (χ0n) is 17.1. The zero-order valence-corrected chi connectivity index (χ0v) is 18.7. The molecule has 2 rings (SSSR count). The summed E-state index contributed by atoms with van der Waals surface area (Å²) in [5, 5.41) is 4.46. The van der Waals surface area contributed by atoms with E-state index in [1.807, 2.05) is 65.0 Å². The molecule has 0 amide bonds. The molecular weight excluding hydrogens is 397 g/mol. The molecule has 5 nitrogen and oxygen atoms in total. The highest BCUT2D eigenvalue weighted by molar-refractivity contribution is 7.84. The second kappa shape index (κ2) is 9.30. The predicted molar refractivity (Wildman–Crippen MR) is 115 cm³/mol. The Morgan fingerprint density at radius 1 is 1.18 bits per heavy atom. The second-order valence-electron chi connectivity index (χ2n) is 8.21. The average molecular weight is 426 g/mol. The number of ether oxygens (including phenoxy) is 1. The minimum atomic E-state index is -3.84. The van der Waals surface area contributed by atoms with Crippen molar-refractivity contribution in [2.45, 2.75) is 47.1 Å². The standard InChI is InChI=1S/C21H29ClNO4P/c1-6-15(2)19(20(24)26-14-21(3,4)5)23-28(22,25)27-18-13-9-11-16-10-7-8-12-17(16)18/h7-13,15,19H,6,14H2,1-5H3,(H,23,25). The Bertz CT molecular complexity index is 860. The largest absolute Gasteiger partial charge is 0.464 e. The summed E-state index contributed by atoms with van der Waals surface area (Å²) in [6, 6.07) is 12.2. The molecule has 0 aliphatic heterocycles. The van der Waals surface area contributed by atoms with Gasteiger partial charge in [0.15, 0.2) is 0 Å². The number of nitrogens with one attached hydrogen (secondary N) is 1. The van der Waals surface area contributed by atoms with Crippen molar-refractivity contribution in [3.8, 4) is 5.75 Å². The quantitative estimate of drug-likeness (QED) is 0.405. The van der Waals surface area contributed by atoms with Gasteiger partial charge in [-0.3, -0.25) is 4.79 Å². The SMILES string of the molecule is CCC(C)C(NP(=O)(Cl)Oc1cccc2ccccc12)C(=O)OCC(C)(C)C.